The highest BCUT2D eigenvalue weighted by Crippen LogP contribution is 2.18. The molecule has 0 saturated heterocycles. The van der Waals surface area contributed by atoms with Crippen LogP contribution in [0.4, 0.5) is 0 Å². The maximum atomic E-state index is 11.1. The molecule has 1 aromatic heterocycles. The molecule has 6 heteroatoms. The first-order valence-corrected chi connectivity index (χ1v) is 6.32. The first-order chi connectivity index (χ1) is 6.95. The van der Waals surface area contributed by atoms with Crippen molar-refractivity contribution in [2.45, 2.75) is 31.7 Å². The zero-order valence-corrected chi connectivity index (χ0v) is 9.73. The number of aryl methyl sites for hydroxylation is 1. The van der Waals surface area contributed by atoms with Crippen LogP contribution in [-0.4, -0.2) is 15.0 Å². The number of rotatable bonds is 5. The Morgan fingerprint density at radius 2 is 2.20 bits per heavy atom. The minimum atomic E-state index is -3.66. The molecular weight excluding hydrogens is 216 g/mol. The molecular formula is C9H16N2O3S. The number of hydrogen-bond acceptors (Lipinski definition) is 4. The van der Waals surface area contributed by atoms with Crippen LogP contribution in [0, 0.1) is 6.92 Å². The maximum absolute atomic E-state index is 11.1. The molecule has 1 aromatic rings. The molecule has 0 radical (unpaired) electrons. The highest BCUT2D eigenvalue weighted by molar-refractivity contribution is 7.89. The number of primary sulfonamides is 1. The largest absolute Gasteiger partial charge is 0.464 e. The quantitative estimate of drug-likeness (QED) is 0.733. The van der Waals surface area contributed by atoms with Crippen LogP contribution >= 0.6 is 0 Å². The van der Waals surface area contributed by atoms with Crippen LogP contribution in [0.5, 0.6) is 0 Å². The van der Waals surface area contributed by atoms with E-state index < -0.39 is 10.0 Å². The summed E-state index contributed by atoms with van der Waals surface area (Å²) in [7, 11) is -3.66. The van der Waals surface area contributed by atoms with Gasteiger partial charge in [0.05, 0.1) is 6.54 Å². The van der Waals surface area contributed by atoms with Gasteiger partial charge < -0.3 is 9.73 Å². The van der Waals surface area contributed by atoms with E-state index in [-0.39, 0.29) is 4.90 Å². The van der Waals surface area contributed by atoms with Crippen molar-refractivity contribution in [2.24, 2.45) is 5.14 Å². The second-order valence-corrected chi connectivity index (χ2v) is 4.88. The lowest BCUT2D eigenvalue weighted by Gasteiger charge is -1.97. The molecule has 0 atom stereocenters. The van der Waals surface area contributed by atoms with E-state index in [2.05, 4.69) is 12.2 Å². The standard InChI is InChI=1S/C9H16N2O3S/c1-3-4-11-6-8-5-9(7(2)14-8)15(10,12)13/h5,11H,3-4,6H2,1-2H3,(H2,10,12,13). The lowest BCUT2D eigenvalue weighted by Crippen LogP contribution is -2.13. The molecule has 0 bridgehead atoms. The second-order valence-electron chi connectivity index (χ2n) is 3.35. The first-order valence-electron chi connectivity index (χ1n) is 4.78. The molecule has 0 unspecified atom stereocenters. The third-order valence-electron chi connectivity index (χ3n) is 1.96. The van der Waals surface area contributed by atoms with Crippen LogP contribution < -0.4 is 10.5 Å². The Morgan fingerprint density at radius 3 is 2.67 bits per heavy atom. The summed E-state index contributed by atoms with van der Waals surface area (Å²) in [6.07, 6.45) is 1.02. The van der Waals surface area contributed by atoms with E-state index in [4.69, 9.17) is 9.56 Å². The lowest BCUT2D eigenvalue weighted by atomic mass is 10.4. The number of sulfonamides is 1. The molecule has 86 valence electrons. The number of nitrogens with two attached hydrogens (primary N) is 1. The fourth-order valence-electron chi connectivity index (χ4n) is 1.28. The SMILES string of the molecule is CCCNCc1cc(S(N)(=O)=O)c(C)o1. The van der Waals surface area contributed by atoms with Gasteiger partial charge in [0.1, 0.15) is 16.4 Å². The number of furan rings is 1. The summed E-state index contributed by atoms with van der Waals surface area (Å²) in [6, 6.07) is 1.47. The Hall–Kier alpha value is -0.850. The summed E-state index contributed by atoms with van der Waals surface area (Å²) >= 11 is 0. The van der Waals surface area contributed by atoms with Gasteiger partial charge in [0.15, 0.2) is 0 Å². The first kappa shape index (κ1) is 12.2. The zero-order chi connectivity index (χ0) is 11.5. The van der Waals surface area contributed by atoms with Crippen LogP contribution in [0.25, 0.3) is 0 Å². The summed E-state index contributed by atoms with van der Waals surface area (Å²) in [4.78, 5) is 0.0656. The van der Waals surface area contributed by atoms with Gasteiger partial charge in [0, 0.05) is 6.07 Å². The van der Waals surface area contributed by atoms with E-state index in [1.807, 2.05) is 0 Å². The average molecular weight is 232 g/mol. The molecule has 0 spiro atoms. The molecule has 1 heterocycles. The summed E-state index contributed by atoms with van der Waals surface area (Å²) in [6.45, 7) is 5.02. The normalized spacial score (nSPS) is 11.9. The molecule has 0 aliphatic rings. The Bertz CT molecular complexity index is 423. The lowest BCUT2D eigenvalue weighted by molar-refractivity contribution is 0.457. The Kier molecular flexibility index (Phi) is 3.90. The van der Waals surface area contributed by atoms with Crippen molar-refractivity contribution >= 4 is 10.0 Å². The monoisotopic (exact) mass is 232 g/mol. The summed E-state index contributed by atoms with van der Waals surface area (Å²) < 4.78 is 27.5. The summed E-state index contributed by atoms with van der Waals surface area (Å²) in [5.74, 6) is 0.927. The molecule has 1 rings (SSSR count). The van der Waals surface area contributed by atoms with Crippen molar-refractivity contribution in [3.05, 3.63) is 17.6 Å². The van der Waals surface area contributed by atoms with Crippen molar-refractivity contribution in [2.75, 3.05) is 6.54 Å². The van der Waals surface area contributed by atoms with E-state index in [1.165, 1.54) is 6.07 Å². The summed E-state index contributed by atoms with van der Waals surface area (Å²) in [5, 5.41) is 8.13. The smallest absolute Gasteiger partial charge is 0.241 e. The molecule has 15 heavy (non-hydrogen) atoms. The molecule has 0 fully saturated rings. The predicted molar refractivity (Wildman–Crippen MR) is 56.8 cm³/mol. The fourth-order valence-corrected chi connectivity index (χ4v) is 2.02. The van der Waals surface area contributed by atoms with E-state index in [9.17, 15) is 8.42 Å². The van der Waals surface area contributed by atoms with Crippen molar-refractivity contribution in [1.29, 1.82) is 0 Å². The van der Waals surface area contributed by atoms with Crippen molar-refractivity contribution in [1.82, 2.24) is 5.32 Å². The molecule has 0 saturated carbocycles. The van der Waals surface area contributed by atoms with Gasteiger partial charge in [-0.15, -0.1) is 0 Å². The predicted octanol–water partition coefficient (Wildman–Crippen LogP) is 0.735. The molecule has 0 aromatic carbocycles. The zero-order valence-electron chi connectivity index (χ0n) is 8.91. The van der Waals surface area contributed by atoms with Gasteiger partial charge >= 0.3 is 0 Å². The average Bonchev–Trinajstić information content (AvgIpc) is 2.47. The highest BCUT2D eigenvalue weighted by Gasteiger charge is 2.16. The van der Waals surface area contributed by atoms with Gasteiger partial charge in [-0.3, -0.25) is 0 Å². The van der Waals surface area contributed by atoms with Crippen LogP contribution in [-0.2, 0) is 16.6 Å². The fraction of sp³-hybridized carbons (Fsp3) is 0.556. The molecule has 3 N–H and O–H groups in total. The molecule has 0 aliphatic heterocycles. The number of nitrogens with one attached hydrogen (secondary N) is 1. The minimum absolute atomic E-state index is 0.0656. The number of hydrogen-bond donors (Lipinski definition) is 2. The van der Waals surface area contributed by atoms with Gasteiger partial charge in [-0.05, 0) is 19.9 Å². The van der Waals surface area contributed by atoms with Gasteiger partial charge in [0.2, 0.25) is 10.0 Å². The van der Waals surface area contributed by atoms with Crippen LogP contribution in [0.2, 0.25) is 0 Å². The maximum Gasteiger partial charge on any atom is 0.241 e. The van der Waals surface area contributed by atoms with E-state index in [0.717, 1.165) is 13.0 Å². The molecule has 5 nitrogen and oxygen atoms in total. The van der Waals surface area contributed by atoms with Gasteiger partial charge in [0.25, 0.3) is 0 Å². The Balaban J connectivity index is 2.78. The summed E-state index contributed by atoms with van der Waals surface area (Å²) in [5.41, 5.74) is 0. The van der Waals surface area contributed by atoms with Crippen LogP contribution in [0.1, 0.15) is 24.9 Å². The van der Waals surface area contributed by atoms with Crippen molar-refractivity contribution in [3.8, 4) is 0 Å². The topological polar surface area (TPSA) is 85.3 Å². The third-order valence-corrected chi connectivity index (χ3v) is 2.97. The van der Waals surface area contributed by atoms with Crippen molar-refractivity contribution in [3.63, 3.8) is 0 Å². The van der Waals surface area contributed by atoms with Crippen LogP contribution in [0.3, 0.4) is 0 Å². The highest BCUT2D eigenvalue weighted by atomic mass is 32.2. The van der Waals surface area contributed by atoms with Gasteiger partial charge in [-0.2, -0.15) is 0 Å². The minimum Gasteiger partial charge on any atom is -0.464 e. The van der Waals surface area contributed by atoms with E-state index >= 15 is 0 Å². The van der Waals surface area contributed by atoms with Crippen molar-refractivity contribution < 1.29 is 12.8 Å². The molecule has 0 aliphatic carbocycles. The second kappa shape index (κ2) is 4.78. The Morgan fingerprint density at radius 1 is 1.53 bits per heavy atom. The van der Waals surface area contributed by atoms with Gasteiger partial charge in [-0.25, -0.2) is 13.6 Å². The van der Waals surface area contributed by atoms with Crippen LogP contribution in [0.15, 0.2) is 15.4 Å². The molecule has 0 amide bonds. The van der Waals surface area contributed by atoms with Gasteiger partial charge in [-0.1, -0.05) is 6.92 Å². The third kappa shape index (κ3) is 3.33. The van der Waals surface area contributed by atoms with E-state index in [0.29, 0.717) is 18.1 Å². The van der Waals surface area contributed by atoms with E-state index in [1.54, 1.807) is 6.92 Å². The Labute approximate surface area is 89.7 Å².